The molecule has 1 aliphatic rings. The molecule has 24 heavy (non-hydrogen) atoms. The topological polar surface area (TPSA) is 57.5 Å². The first kappa shape index (κ1) is 16.5. The lowest BCUT2D eigenvalue weighted by Crippen LogP contribution is -2.30. The van der Waals surface area contributed by atoms with Crippen molar-refractivity contribution >= 4 is 35.3 Å². The Morgan fingerprint density at radius 3 is 2.62 bits per heavy atom. The number of furan rings is 1. The molecule has 2 aromatic rings. The maximum Gasteiger partial charge on any atom is 0.260 e. The number of thioether (sulfide) groups is 1. The van der Waals surface area contributed by atoms with E-state index in [1.165, 1.54) is 17.3 Å². The SMILES string of the molecule is CCc1ccc(N[C@H]2NC(=O)/C(=C/c3ccc(N(C)C)o3)S2)cc1. The normalized spacial score (nSPS) is 18.7. The van der Waals surface area contributed by atoms with Gasteiger partial charge in [0.05, 0.1) is 4.91 Å². The van der Waals surface area contributed by atoms with Crippen LogP contribution in [0.1, 0.15) is 18.2 Å². The smallest absolute Gasteiger partial charge is 0.260 e. The van der Waals surface area contributed by atoms with Crippen LogP contribution in [0.5, 0.6) is 0 Å². The van der Waals surface area contributed by atoms with E-state index < -0.39 is 0 Å². The van der Waals surface area contributed by atoms with Crippen LogP contribution in [0, 0.1) is 0 Å². The van der Waals surface area contributed by atoms with Gasteiger partial charge in [0.25, 0.3) is 5.91 Å². The van der Waals surface area contributed by atoms with Gasteiger partial charge in [0.15, 0.2) is 11.4 Å². The molecule has 0 unspecified atom stereocenters. The third kappa shape index (κ3) is 3.76. The Balaban J connectivity index is 1.67. The molecule has 1 amide bonds. The molecule has 1 fully saturated rings. The summed E-state index contributed by atoms with van der Waals surface area (Å²) in [6.07, 6.45) is 2.79. The van der Waals surface area contributed by atoms with Gasteiger partial charge in [-0.15, -0.1) is 0 Å². The fourth-order valence-corrected chi connectivity index (χ4v) is 3.31. The zero-order chi connectivity index (χ0) is 17.1. The zero-order valence-electron chi connectivity index (χ0n) is 14.0. The second-order valence-electron chi connectivity index (χ2n) is 5.75. The molecule has 3 rings (SSSR count). The highest BCUT2D eigenvalue weighted by molar-refractivity contribution is 8.05. The van der Waals surface area contributed by atoms with Crippen LogP contribution in [0.3, 0.4) is 0 Å². The number of carbonyl (C=O) groups is 1. The van der Waals surface area contributed by atoms with E-state index in [-0.39, 0.29) is 11.4 Å². The summed E-state index contributed by atoms with van der Waals surface area (Å²) in [5.41, 5.74) is 2.09. The number of carbonyl (C=O) groups excluding carboxylic acids is 1. The predicted molar refractivity (Wildman–Crippen MR) is 100.0 cm³/mol. The van der Waals surface area contributed by atoms with Gasteiger partial charge in [-0.3, -0.25) is 4.79 Å². The number of hydrogen-bond acceptors (Lipinski definition) is 5. The van der Waals surface area contributed by atoms with Gasteiger partial charge >= 0.3 is 0 Å². The first-order valence-electron chi connectivity index (χ1n) is 7.87. The van der Waals surface area contributed by atoms with Crippen molar-refractivity contribution in [3.05, 3.63) is 52.6 Å². The molecular formula is C18H21N3O2S. The van der Waals surface area contributed by atoms with Gasteiger partial charge < -0.3 is 20.0 Å². The van der Waals surface area contributed by atoms with Gasteiger partial charge in [0.2, 0.25) is 0 Å². The maximum absolute atomic E-state index is 12.1. The van der Waals surface area contributed by atoms with Crippen LogP contribution in [0.15, 0.2) is 45.7 Å². The van der Waals surface area contributed by atoms with Crippen LogP contribution in [0.2, 0.25) is 0 Å². The van der Waals surface area contributed by atoms with E-state index in [1.807, 2.05) is 43.3 Å². The molecule has 5 nitrogen and oxygen atoms in total. The number of rotatable bonds is 5. The lowest BCUT2D eigenvalue weighted by atomic mass is 10.1. The van der Waals surface area contributed by atoms with Crippen molar-refractivity contribution < 1.29 is 9.21 Å². The van der Waals surface area contributed by atoms with E-state index in [0.29, 0.717) is 10.7 Å². The highest BCUT2D eigenvalue weighted by Crippen LogP contribution is 2.31. The second-order valence-corrected chi connectivity index (χ2v) is 6.89. The number of nitrogens with zero attached hydrogens (tertiary/aromatic N) is 1. The Bertz CT molecular complexity index is 750. The standard InChI is InChI=1S/C18H21N3O2S/c1-4-12-5-7-13(8-6-12)19-18-20-17(22)15(24-18)11-14-9-10-16(23-14)21(2)3/h5-11,18-19H,4H2,1-3H3,(H,20,22)/b15-11-/t18-/m0/s1. The van der Waals surface area contributed by atoms with Crippen molar-refractivity contribution in [2.45, 2.75) is 18.8 Å². The summed E-state index contributed by atoms with van der Waals surface area (Å²) in [5, 5.41) is 6.24. The van der Waals surface area contributed by atoms with Crippen LogP contribution >= 0.6 is 11.8 Å². The largest absolute Gasteiger partial charge is 0.441 e. The molecule has 1 atom stereocenters. The molecule has 1 aromatic heterocycles. The Morgan fingerprint density at radius 2 is 2.00 bits per heavy atom. The number of benzene rings is 1. The van der Waals surface area contributed by atoms with Crippen LogP contribution in [0.4, 0.5) is 11.6 Å². The van der Waals surface area contributed by atoms with Gasteiger partial charge in [-0.1, -0.05) is 30.8 Å². The summed E-state index contributed by atoms with van der Waals surface area (Å²) in [5.74, 6) is 1.34. The molecule has 0 bridgehead atoms. The first-order chi connectivity index (χ1) is 11.5. The summed E-state index contributed by atoms with van der Waals surface area (Å²) in [7, 11) is 3.83. The van der Waals surface area contributed by atoms with Crippen LogP contribution in [-0.4, -0.2) is 25.5 Å². The summed E-state index contributed by atoms with van der Waals surface area (Å²) in [4.78, 5) is 14.6. The van der Waals surface area contributed by atoms with Crippen LogP contribution in [-0.2, 0) is 11.2 Å². The molecule has 1 aliphatic heterocycles. The number of hydrogen-bond donors (Lipinski definition) is 2. The summed E-state index contributed by atoms with van der Waals surface area (Å²) in [6.45, 7) is 2.13. The first-order valence-corrected chi connectivity index (χ1v) is 8.75. The Hall–Kier alpha value is -2.34. The Morgan fingerprint density at radius 1 is 1.25 bits per heavy atom. The Labute approximate surface area is 146 Å². The quantitative estimate of drug-likeness (QED) is 0.814. The lowest BCUT2D eigenvalue weighted by Gasteiger charge is -2.12. The second kappa shape index (κ2) is 7.05. The predicted octanol–water partition coefficient (Wildman–Crippen LogP) is 3.51. The van der Waals surface area contributed by atoms with Crippen molar-refractivity contribution in [1.29, 1.82) is 0 Å². The van der Waals surface area contributed by atoms with E-state index in [9.17, 15) is 4.79 Å². The minimum absolute atomic E-state index is 0.0921. The van der Waals surface area contributed by atoms with Crippen molar-refractivity contribution in [2.75, 3.05) is 24.3 Å². The number of nitrogens with one attached hydrogen (secondary N) is 2. The van der Waals surface area contributed by atoms with E-state index in [1.54, 1.807) is 6.08 Å². The number of aryl methyl sites for hydroxylation is 1. The van der Waals surface area contributed by atoms with Crippen molar-refractivity contribution in [3.8, 4) is 0 Å². The molecule has 2 N–H and O–H groups in total. The highest BCUT2D eigenvalue weighted by Gasteiger charge is 2.27. The van der Waals surface area contributed by atoms with Crippen molar-refractivity contribution in [3.63, 3.8) is 0 Å². The molecule has 2 heterocycles. The number of anilines is 2. The highest BCUT2D eigenvalue weighted by atomic mass is 32.2. The van der Waals surface area contributed by atoms with Gasteiger partial charge in [-0.25, -0.2) is 0 Å². The molecule has 6 heteroatoms. The lowest BCUT2D eigenvalue weighted by molar-refractivity contribution is -0.116. The Kier molecular flexibility index (Phi) is 4.85. The fraction of sp³-hybridized carbons (Fsp3) is 0.278. The van der Waals surface area contributed by atoms with Gasteiger partial charge in [0, 0.05) is 31.9 Å². The van der Waals surface area contributed by atoms with E-state index in [4.69, 9.17) is 4.42 Å². The molecule has 0 spiro atoms. The molecule has 1 aromatic carbocycles. The maximum atomic E-state index is 12.1. The van der Waals surface area contributed by atoms with E-state index >= 15 is 0 Å². The monoisotopic (exact) mass is 343 g/mol. The minimum atomic E-state index is -0.181. The van der Waals surface area contributed by atoms with Crippen molar-refractivity contribution in [1.82, 2.24) is 5.32 Å². The molecule has 1 saturated heterocycles. The van der Waals surface area contributed by atoms with Gasteiger partial charge in [-0.05, 0) is 30.2 Å². The summed E-state index contributed by atoms with van der Waals surface area (Å²) >= 11 is 1.45. The van der Waals surface area contributed by atoms with Gasteiger partial charge in [-0.2, -0.15) is 0 Å². The van der Waals surface area contributed by atoms with Gasteiger partial charge in [0.1, 0.15) is 5.76 Å². The average Bonchev–Trinajstić information content (AvgIpc) is 3.16. The van der Waals surface area contributed by atoms with Crippen molar-refractivity contribution in [2.24, 2.45) is 0 Å². The third-order valence-corrected chi connectivity index (χ3v) is 4.75. The number of amides is 1. The third-order valence-electron chi connectivity index (χ3n) is 3.72. The van der Waals surface area contributed by atoms with E-state index in [2.05, 4.69) is 29.7 Å². The summed E-state index contributed by atoms with van der Waals surface area (Å²) in [6, 6.07) is 12.0. The molecule has 126 valence electrons. The molecule has 0 aliphatic carbocycles. The van der Waals surface area contributed by atoms with E-state index in [0.717, 1.165) is 18.0 Å². The molecular weight excluding hydrogens is 322 g/mol. The molecule has 0 radical (unpaired) electrons. The van der Waals surface area contributed by atoms with Crippen LogP contribution in [0.25, 0.3) is 6.08 Å². The zero-order valence-corrected chi connectivity index (χ0v) is 14.8. The minimum Gasteiger partial charge on any atom is -0.441 e. The average molecular weight is 343 g/mol. The fourth-order valence-electron chi connectivity index (χ4n) is 2.34. The van der Waals surface area contributed by atoms with Crippen LogP contribution < -0.4 is 15.5 Å². The summed E-state index contributed by atoms with van der Waals surface area (Å²) < 4.78 is 5.67. The molecule has 0 saturated carbocycles.